The molecule has 1 N–H and O–H groups in total. The third kappa shape index (κ3) is 2.22. The minimum Gasteiger partial charge on any atom is -0.487 e. The first-order valence-corrected chi connectivity index (χ1v) is 13.9. The molecule has 2 spiro atoms. The van der Waals surface area contributed by atoms with Crippen molar-refractivity contribution < 1.29 is 64.4 Å². The molecular formula is C14H7N2O16P3. The third-order valence-electron chi connectivity index (χ3n) is 5.50. The van der Waals surface area contributed by atoms with Crippen LogP contribution >= 0.6 is 23.5 Å². The van der Waals surface area contributed by atoms with Crippen molar-refractivity contribution in [1.82, 2.24) is 9.30 Å². The zero-order valence-electron chi connectivity index (χ0n) is 16.4. The van der Waals surface area contributed by atoms with E-state index in [0.29, 0.717) is 4.57 Å². The Labute approximate surface area is 190 Å². The molecule has 21 heteroatoms. The normalized spacial score (nSPS) is 39.6. The summed E-state index contributed by atoms with van der Waals surface area (Å²) in [4.78, 5) is 26.4. The van der Waals surface area contributed by atoms with Crippen molar-refractivity contribution >= 4 is 23.5 Å². The van der Waals surface area contributed by atoms with Gasteiger partial charge in [-0.05, 0) is 12.1 Å². The van der Waals surface area contributed by atoms with Crippen LogP contribution in [0.2, 0.25) is 0 Å². The van der Waals surface area contributed by atoms with E-state index in [1.54, 1.807) is 0 Å². The molecule has 0 aliphatic carbocycles. The molecule has 1 fully saturated rings. The summed E-state index contributed by atoms with van der Waals surface area (Å²) in [5, 5.41) is 9.05. The van der Waals surface area contributed by atoms with Crippen molar-refractivity contribution in [3.63, 3.8) is 0 Å². The van der Waals surface area contributed by atoms with Crippen LogP contribution in [0.25, 0.3) is 0 Å². The molecule has 9 bridgehead atoms. The molecule has 2 aromatic rings. The fraction of sp³-hybridized carbons (Fsp3) is 0.286. The van der Waals surface area contributed by atoms with Crippen LogP contribution in [0.5, 0.6) is 23.1 Å². The summed E-state index contributed by atoms with van der Waals surface area (Å²) in [7, 11) is -14.3. The van der Waals surface area contributed by atoms with Crippen molar-refractivity contribution in [2.75, 3.05) is 13.2 Å². The molecule has 0 radical (unpaired) electrons. The molecular weight excluding hydrogens is 545 g/mol. The molecule has 3 unspecified atom stereocenters. The first-order valence-electron chi connectivity index (χ1n) is 9.50. The summed E-state index contributed by atoms with van der Waals surface area (Å²) in [5.74, 6) is -6.86. The lowest BCUT2D eigenvalue weighted by Gasteiger charge is -2.50. The van der Waals surface area contributed by atoms with Gasteiger partial charge in [-0.1, -0.05) is 4.73 Å². The average molecular weight is 552 g/mol. The lowest BCUT2D eigenvalue weighted by atomic mass is 10.1. The van der Waals surface area contributed by atoms with Gasteiger partial charge >= 0.3 is 46.6 Å². The summed E-state index contributed by atoms with van der Waals surface area (Å²) >= 11 is 0. The lowest BCUT2D eigenvalue weighted by Crippen LogP contribution is -2.59. The second-order valence-electron chi connectivity index (χ2n) is 7.53. The van der Waals surface area contributed by atoms with E-state index >= 15 is 0 Å². The van der Waals surface area contributed by atoms with Crippen LogP contribution in [0, 0.1) is 0 Å². The summed E-state index contributed by atoms with van der Waals surface area (Å²) < 4.78 is 92.7. The second-order valence-corrected chi connectivity index (χ2v) is 11.8. The molecule has 9 aliphatic rings. The highest BCUT2D eigenvalue weighted by Gasteiger charge is 2.77. The lowest BCUT2D eigenvalue weighted by molar-refractivity contribution is -0.368. The number of aliphatic hydroxyl groups excluding tert-OH is 1. The van der Waals surface area contributed by atoms with Gasteiger partial charge in [-0.15, -0.1) is 0 Å². The van der Waals surface area contributed by atoms with E-state index in [1.807, 2.05) is 0 Å². The van der Waals surface area contributed by atoms with Gasteiger partial charge in [0, 0.05) is 0 Å². The monoisotopic (exact) mass is 552 g/mol. The number of hydrogen-bond acceptors (Lipinski definition) is 16. The van der Waals surface area contributed by atoms with Crippen molar-refractivity contribution in [2.45, 2.75) is 11.9 Å². The number of fused-ring (bicyclic) bond motifs is 1. The Kier molecular flexibility index (Phi) is 3.33. The number of phosphoric acid groups is 3. The Bertz CT molecular complexity index is 1680. The maximum Gasteiger partial charge on any atom is 0.613 e. The van der Waals surface area contributed by atoms with Crippen LogP contribution in [-0.2, 0) is 48.2 Å². The first-order chi connectivity index (χ1) is 16.5. The zero-order chi connectivity index (χ0) is 24.2. The third-order valence-corrected chi connectivity index (χ3v) is 9.41. The Morgan fingerprint density at radius 2 is 1.63 bits per heavy atom. The van der Waals surface area contributed by atoms with Gasteiger partial charge in [0.1, 0.15) is 6.61 Å². The predicted octanol–water partition coefficient (Wildman–Crippen LogP) is 0.204. The van der Waals surface area contributed by atoms with Crippen LogP contribution in [0.15, 0.2) is 21.7 Å². The van der Waals surface area contributed by atoms with Crippen molar-refractivity contribution in [1.29, 1.82) is 0 Å². The van der Waals surface area contributed by atoms with E-state index in [1.165, 1.54) is 12.1 Å². The van der Waals surface area contributed by atoms with Crippen molar-refractivity contribution in [3.8, 4) is 23.1 Å². The highest BCUT2D eigenvalue weighted by Crippen LogP contribution is 2.81. The number of benzene rings is 1. The number of phosphoric ester groups is 3. The van der Waals surface area contributed by atoms with Gasteiger partial charge in [-0.25, -0.2) is 45.7 Å². The largest absolute Gasteiger partial charge is 0.613 e. The highest BCUT2D eigenvalue weighted by atomic mass is 31.2. The van der Waals surface area contributed by atoms with Gasteiger partial charge in [-0.3, -0.25) is 9.42 Å². The standard InChI is InChI=1S/C14H7N2O16P3/c17-3-4-23-6-2-1-5-8-9(6)25-33(20,24-8)27-13(5)15-11-7-10(18)16(12(15)19)32-34(21,26-11)29-14(7)30-35(22,28-13)31-14/h1-2,17H,3-4H2. The van der Waals surface area contributed by atoms with Crippen LogP contribution in [0.1, 0.15) is 11.1 Å². The Balaban J connectivity index is 1.50. The maximum atomic E-state index is 13.4. The fourth-order valence-electron chi connectivity index (χ4n) is 4.30. The molecule has 35 heavy (non-hydrogen) atoms. The van der Waals surface area contributed by atoms with E-state index < -0.39 is 58.0 Å². The van der Waals surface area contributed by atoms with Crippen LogP contribution < -0.4 is 34.2 Å². The quantitative estimate of drug-likeness (QED) is 0.505. The van der Waals surface area contributed by atoms with E-state index in [2.05, 4.69) is 0 Å². The molecule has 9 aliphatic heterocycles. The highest BCUT2D eigenvalue weighted by molar-refractivity contribution is 7.51. The molecule has 0 amide bonds. The fourth-order valence-corrected chi connectivity index (χ4v) is 8.66. The van der Waals surface area contributed by atoms with E-state index in [4.69, 9.17) is 50.7 Å². The minimum atomic E-state index is -4.81. The molecule has 1 aromatic carbocycles. The number of aromatic nitrogens is 2. The molecule has 11 rings (SSSR count). The van der Waals surface area contributed by atoms with Crippen LogP contribution in [-0.4, -0.2) is 27.6 Å². The van der Waals surface area contributed by atoms with Gasteiger partial charge in [0.25, 0.3) is 0 Å². The molecule has 3 atom stereocenters. The Morgan fingerprint density at radius 1 is 0.914 bits per heavy atom. The molecule has 1 saturated heterocycles. The molecule has 18 nitrogen and oxygen atoms in total. The molecule has 10 heterocycles. The van der Waals surface area contributed by atoms with Crippen molar-refractivity contribution in [3.05, 3.63) is 44.1 Å². The summed E-state index contributed by atoms with van der Waals surface area (Å²) in [5.41, 5.74) is -3.64. The Morgan fingerprint density at radius 3 is 2.40 bits per heavy atom. The van der Waals surface area contributed by atoms with Crippen LogP contribution in [0.4, 0.5) is 0 Å². The smallest absolute Gasteiger partial charge is 0.487 e. The van der Waals surface area contributed by atoms with Gasteiger partial charge < -0.3 is 23.4 Å². The SMILES string of the molecule is O=c1c2c3n4c(=O)n1OP(=O)(O3)OC21OP(=O)(O1)OC41OP2(=O)Oc3c(OCCO)ccc1c3O2. The minimum absolute atomic E-state index is 0.0232. The first kappa shape index (κ1) is 20.5. The average Bonchev–Trinajstić information content (AvgIpc) is 2.90. The second kappa shape index (κ2) is 5.67. The van der Waals surface area contributed by atoms with Gasteiger partial charge in [0.05, 0.1) is 12.2 Å². The zero-order valence-corrected chi connectivity index (χ0v) is 19.1. The summed E-state index contributed by atoms with van der Waals surface area (Å²) in [6.07, 6.45) is 0. The van der Waals surface area contributed by atoms with E-state index in [9.17, 15) is 23.3 Å². The number of hydrogen-bond donors (Lipinski definition) is 1. The van der Waals surface area contributed by atoms with Gasteiger partial charge in [0.15, 0.2) is 17.1 Å². The Hall–Kier alpha value is -2.65. The molecule has 184 valence electrons. The number of rotatable bonds is 3. The summed E-state index contributed by atoms with van der Waals surface area (Å²) in [6, 6.07) is 2.47. The van der Waals surface area contributed by atoms with E-state index in [-0.39, 0.29) is 40.8 Å². The number of ether oxygens (including phenoxy) is 1. The summed E-state index contributed by atoms with van der Waals surface area (Å²) in [6.45, 7) is -0.528. The topological polar surface area (TPSA) is 208 Å². The number of aliphatic hydroxyl groups is 1. The van der Waals surface area contributed by atoms with E-state index in [0.717, 1.165) is 0 Å². The maximum absolute atomic E-state index is 13.4. The van der Waals surface area contributed by atoms with Gasteiger partial charge in [-0.2, -0.15) is 0 Å². The van der Waals surface area contributed by atoms with Gasteiger partial charge in [0.2, 0.25) is 11.6 Å². The molecule has 0 saturated carbocycles. The predicted molar refractivity (Wildman–Crippen MR) is 99.4 cm³/mol. The van der Waals surface area contributed by atoms with Crippen molar-refractivity contribution in [2.24, 2.45) is 0 Å². The molecule has 1 aromatic heterocycles. The van der Waals surface area contributed by atoms with Crippen LogP contribution in [0.3, 0.4) is 0 Å². The number of nitrogens with zero attached hydrogens (tertiary/aromatic N) is 2.